The van der Waals surface area contributed by atoms with Gasteiger partial charge in [0.05, 0.1) is 12.0 Å². The fourth-order valence-corrected chi connectivity index (χ4v) is 2.98. The molecule has 0 spiro atoms. The number of nitrogens with zero attached hydrogens (tertiary/aromatic N) is 1. The SMILES string of the molecule is CC1CC(C)CC(Oc2ccncc2CCl)C1. The standard InChI is InChI=1S/C14H20ClNO/c1-10-5-11(2)7-13(6-10)17-14-3-4-16-9-12(14)8-15/h3-4,9-11,13H,5-8H2,1-2H3. The van der Waals surface area contributed by atoms with E-state index in [1.54, 1.807) is 12.4 Å². The molecule has 94 valence electrons. The molecular formula is C14H20ClNO. The second-order valence-electron chi connectivity index (χ2n) is 5.27. The summed E-state index contributed by atoms with van der Waals surface area (Å²) in [5.41, 5.74) is 0.986. The molecule has 0 amide bonds. The van der Waals surface area contributed by atoms with E-state index in [0.717, 1.165) is 36.0 Å². The largest absolute Gasteiger partial charge is 0.490 e. The molecule has 1 saturated carbocycles. The lowest BCUT2D eigenvalue weighted by Gasteiger charge is -2.32. The zero-order valence-electron chi connectivity index (χ0n) is 10.5. The van der Waals surface area contributed by atoms with Crippen molar-refractivity contribution in [2.45, 2.75) is 45.1 Å². The van der Waals surface area contributed by atoms with Crippen molar-refractivity contribution < 1.29 is 4.74 Å². The van der Waals surface area contributed by atoms with Gasteiger partial charge >= 0.3 is 0 Å². The molecule has 1 aliphatic carbocycles. The van der Waals surface area contributed by atoms with Crippen LogP contribution in [-0.2, 0) is 5.88 Å². The van der Waals surface area contributed by atoms with Crippen LogP contribution >= 0.6 is 11.6 Å². The van der Waals surface area contributed by atoms with Crippen LogP contribution in [0.4, 0.5) is 0 Å². The van der Waals surface area contributed by atoms with E-state index in [0.29, 0.717) is 12.0 Å². The summed E-state index contributed by atoms with van der Waals surface area (Å²) in [6.07, 6.45) is 7.50. The fourth-order valence-electron chi connectivity index (χ4n) is 2.78. The van der Waals surface area contributed by atoms with Crippen molar-refractivity contribution in [2.24, 2.45) is 11.8 Å². The van der Waals surface area contributed by atoms with Gasteiger partial charge in [0.15, 0.2) is 0 Å². The Morgan fingerprint density at radius 1 is 1.29 bits per heavy atom. The Bertz CT molecular complexity index is 359. The summed E-state index contributed by atoms with van der Waals surface area (Å²) in [5, 5.41) is 0. The fraction of sp³-hybridized carbons (Fsp3) is 0.643. The molecule has 1 aliphatic rings. The third-order valence-corrected chi connectivity index (χ3v) is 3.72. The summed E-state index contributed by atoms with van der Waals surface area (Å²) >= 11 is 5.89. The Balaban J connectivity index is 2.04. The van der Waals surface area contributed by atoms with Gasteiger partial charge in [-0.3, -0.25) is 4.98 Å². The Labute approximate surface area is 108 Å². The summed E-state index contributed by atoms with van der Waals surface area (Å²) in [6.45, 7) is 4.61. The minimum Gasteiger partial charge on any atom is -0.490 e. The van der Waals surface area contributed by atoms with Gasteiger partial charge in [0, 0.05) is 18.0 Å². The molecule has 1 fully saturated rings. The van der Waals surface area contributed by atoms with Crippen LogP contribution in [0.5, 0.6) is 5.75 Å². The van der Waals surface area contributed by atoms with Crippen molar-refractivity contribution in [2.75, 3.05) is 0 Å². The molecule has 2 rings (SSSR count). The van der Waals surface area contributed by atoms with E-state index in [1.165, 1.54) is 6.42 Å². The molecule has 0 aliphatic heterocycles. The van der Waals surface area contributed by atoms with Gasteiger partial charge in [0.1, 0.15) is 5.75 Å². The smallest absolute Gasteiger partial charge is 0.127 e. The highest BCUT2D eigenvalue weighted by atomic mass is 35.5. The lowest BCUT2D eigenvalue weighted by Crippen LogP contribution is -2.28. The van der Waals surface area contributed by atoms with Gasteiger partial charge < -0.3 is 4.74 Å². The summed E-state index contributed by atoms with van der Waals surface area (Å²) in [6, 6.07) is 1.92. The van der Waals surface area contributed by atoms with E-state index in [9.17, 15) is 0 Å². The Hall–Kier alpha value is -0.760. The second-order valence-corrected chi connectivity index (χ2v) is 5.54. The molecule has 2 atom stereocenters. The molecule has 2 unspecified atom stereocenters. The highest BCUT2D eigenvalue weighted by Crippen LogP contribution is 2.32. The maximum absolute atomic E-state index is 6.09. The summed E-state index contributed by atoms with van der Waals surface area (Å²) in [4.78, 5) is 4.07. The molecule has 3 heteroatoms. The van der Waals surface area contributed by atoms with E-state index < -0.39 is 0 Å². The van der Waals surface area contributed by atoms with Crippen LogP contribution in [0.3, 0.4) is 0 Å². The first kappa shape index (κ1) is 12.7. The Morgan fingerprint density at radius 3 is 2.65 bits per heavy atom. The van der Waals surface area contributed by atoms with Crippen LogP contribution in [0.15, 0.2) is 18.5 Å². The molecule has 0 aromatic carbocycles. The van der Waals surface area contributed by atoms with Gasteiger partial charge in [-0.1, -0.05) is 13.8 Å². The van der Waals surface area contributed by atoms with Gasteiger partial charge in [-0.15, -0.1) is 11.6 Å². The second kappa shape index (κ2) is 5.72. The summed E-state index contributed by atoms with van der Waals surface area (Å²) in [5.74, 6) is 2.87. The van der Waals surface area contributed by atoms with Crippen molar-refractivity contribution in [3.8, 4) is 5.75 Å². The molecule has 0 saturated heterocycles. The average molecular weight is 254 g/mol. The number of ether oxygens (including phenoxy) is 1. The topological polar surface area (TPSA) is 22.1 Å². The number of pyridine rings is 1. The molecule has 0 radical (unpaired) electrons. The number of hydrogen-bond donors (Lipinski definition) is 0. The lowest BCUT2D eigenvalue weighted by molar-refractivity contribution is 0.100. The molecule has 2 nitrogen and oxygen atoms in total. The van der Waals surface area contributed by atoms with Gasteiger partial charge in [0.2, 0.25) is 0 Å². The number of alkyl halides is 1. The number of rotatable bonds is 3. The molecule has 0 bridgehead atoms. The highest BCUT2D eigenvalue weighted by molar-refractivity contribution is 6.17. The molecule has 1 aromatic rings. The molecule has 0 N–H and O–H groups in total. The number of aromatic nitrogens is 1. The van der Waals surface area contributed by atoms with Crippen LogP contribution in [0.25, 0.3) is 0 Å². The summed E-state index contributed by atoms with van der Waals surface area (Å²) < 4.78 is 6.09. The maximum Gasteiger partial charge on any atom is 0.127 e. The maximum atomic E-state index is 6.09. The minimum atomic E-state index is 0.332. The van der Waals surface area contributed by atoms with Gasteiger partial charge in [-0.05, 0) is 37.2 Å². The third-order valence-electron chi connectivity index (χ3n) is 3.43. The van der Waals surface area contributed by atoms with E-state index in [-0.39, 0.29) is 0 Å². The van der Waals surface area contributed by atoms with Crippen molar-refractivity contribution in [3.05, 3.63) is 24.0 Å². The van der Waals surface area contributed by atoms with Crippen LogP contribution in [0.2, 0.25) is 0 Å². The average Bonchev–Trinajstić information content (AvgIpc) is 2.28. The van der Waals surface area contributed by atoms with Crippen LogP contribution in [0, 0.1) is 11.8 Å². The van der Waals surface area contributed by atoms with Gasteiger partial charge in [-0.25, -0.2) is 0 Å². The van der Waals surface area contributed by atoms with Crippen molar-refractivity contribution in [1.82, 2.24) is 4.98 Å². The molecule has 17 heavy (non-hydrogen) atoms. The monoisotopic (exact) mass is 253 g/mol. The third kappa shape index (κ3) is 3.35. The molecule has 1 aromatic heterocycles. The van der Waals surface area contributed by atoms with Crippen molar-refractivity contribution >= 4 is 11.6 Å². The lowest BCUT2D eigenvalue weighted by atomic mass is 9.82. The van der Waals surface area contributed by atoms with Gasteiger partial charge in [-0.2, -0.15) is 0 Å². The molecular weight excluding hydrogens is 234 g/mol. The Kier molecular flexibility index (Phi) is 4.27. The highest BCUT2D eigenvalue weighted by Gasteiger charge is 2.25. The Morgan fingerprint density at radius 2 is 2.00 bits per heavy atom. The van der Waals surface area contributed by atoms with Crippen LogP contribution < -0.4 is 4.74 Å². The zero-order chi connectivity index (χ0) is 12.3. The number of halogens is 1. The quantitative estimate of drug-likeness (QED) is 0.759. The van der Waals surface area contributed by atoms with E-state index in [2.05, 4.69) is 18.8 Å². The zero-order valence-corrected chi connectivity index (χ0v) is 11.3. The van der Waals surface area contributed by atoms with Crippen molar-refractivity contribution in [1.29, 1.82) is 0 Å². The first-order valence-corrected chi connectivity index (χ1v) is 6.88. The predicted octanol–water partition coefficient (Wildman–Crippen LogP) is 4.02. The van der Waals surface area contributed by atoms with Crippen LogP contribution in [0.1, 0.15) is 38.7 Å². The first-order valence-electron chi connectivity index (χ1n) is 6.34. The number of hydrogen-bond acceptors (Lipinski definition) is 2. The predicted molar refractivity (Wildman–Crippen MR) is 70.4 cm³/mol. The minimum absolute atomic E-state index is 0.332. The van der Waals surface area contributed by atoms with Crippen molar-refractivity contribution in [3.63, 3.8) is 0 Å². The van der Waals surface area contributed by atoms with Gasteiger partial charge in [0.25, 0.3) is 0 Å². The van der Waals surface area contributed by atoms with E-state index in [4.69, 9.17) is 16.3 Å². The molecule has 1 heterocycles. The van der Waals surface area contributed by atoms with Crippen LogP contribution in [-0.4, -0.2) is 11.1 Å². The van der Waals surface area contributed by atoms with E-state index >= 15 is 0 Å². The normalized spacial score (nSPS) is 29.0. The van der Waals surface area contributed by atoms with E-state index in [1.807, 2.05) is 6.07 Å². The first-order chi connectivity index (χ1) is 8.19. The summed E-state index contributed by atoms with van der Waals surface area (Å²) in [7, 11) is 0.